The summed E-state index contributed by atoms with van der Waals surface area (Å²) in [5, 5.41) is 4.31. The van der Waals surface area contributed by atoms with Crippen LogP contribution in [-0.2, 0) is 20.1 Å². The van der Waals surface area contributed by atoms with Crippen LogP contribution in [0.4, 0.5) is 5.82 Å². The van der Waals surface area contributed by atoms with Gasteiger partial charge in [0.1, 0.15) is 5.82 Å². The molecule has 0 atom stereocenters. The Morgan fingerprint density at radius 2 is 2.24 bits per heavy atom. The fourth-order valence-electron chi connectivity index (χ4n) is 1.94. The second kappa shape index (κ2) is 4.63. The lowest BCUT2D eigenvalue weighted by Crippen LogP contribution is -2.18. The zero-order chi connectivity index (χ0) is 12.4. The summed E-state index contributed by atoms with van der Waals surface area (Å²) in [6.07, 6.45) is 3.45. The molecule has 2 N–H and O–H groups in total. The maximum absolute atomic E-state index is 5.98. The van der Waals surface area contributed by atoms with Crippen LogP contribution in [0.3, 0.4) is 0 Å². The van der Waals surface area contributed by atoms with E-state index in [9.17, 15) is 0 Å². The summed E-state index contributed by atoms with van der Waals surface area (Å²) in [7, 11) is 3.92. The van der Waals surface area contributed by atoms with Crippen LogP contribution >= 0.6 is 0 Å². The van der Waals surface area contributed by atoms with E-state index in [2.05, 4.69) is 17.0 Å². The molecular formula is C12H18N4O. The number of aromatic nitrogens is 2. The molecule has 5 heteroatoms. The third-order valence-electron chi connectivity index (χ3n) is 2.86. The highest BCUT2D eigenvalue weighted by molar-refractivity contribution is 5.42. The van der Waals surface area contributed by atoms with Crippen molar-refractivity contribution in [2.75, 3.05) is 12.8 Å². The van der Waals surface area contributed by atoms with Gasteiger partial charge < -0.3 is 10.2 Å². The number of nitrogen functional groups attached to an aromatic ring is 1. The van der Waals surface area contributed by atoms with Gasteiger partial charge in [-0.3, -0.25) is 9.58 Å². The van der Waals surface area contributed by atoms with Gasteiger partial charge in [0.25, 0.3) is 0 Å². The first-order valence-electron chi connectivity index (χ1n) is 5.55. The van der Waals surface area contributed by atoms with Crippen molar-refractivity contribution in [1.29, 1.82) is 0 Å². The van der Waals surface area contributed by atoms with E-state index in [-0.39, 0.29) is 0 Å². The van der Waals surface area contributed by atoms with E-state index in [1.807, 2.05) is 20.0 Å². The summed E-state index contributed by atoms with van der Waals surface area (Å²) >= 11 is 0. The lowest BCUT2D eigenvalue weighted by Gasteiger charge is -2.15. The van der Waals surface area contributed by atoms with Crippen molar-refractivity contribution in [2.24, 2.45) is 7.05 Å². The molecule has 0 fully saturated rings. The topological polar surface area (TPSA) is 60.2 Å². The molecule has 0 saturated heterocycles. The summed E-state index contributed by atoms with van der Waals surface area (Å²) < 4.78 is 6.77. The summed E-state index contributed by atoms with van der Waals surface area (Å²) in [5.41, 5.74) is 9.23. The number of rotatable bonds is 4. The van der Waals surface area contributed by atoms with Gasteiger partial charge in [0, 0.05) is 31.3 Å². The minimum Gasteiger partial charge on any atom is -0.472 e. The third-order valence-corrected chi connectivity index (χ3v) is 2.86. The van der Waals surface area contributed by atoms with Gasteiger partial charge >= 0.3 is 0 Å². The Morgan fingerprint density at radius 1 is 1.47 bits per heavy atom. The van der Waals surface area contributed by atoms with E-state index < -0.39 is 0 Å². The first-order chi connectivity index (χ1) is 8.08. The molecule has 92 valence electrons. The van der Waals surface area contributed by atoms with Gasteiger partial charge in [-0.25, -0.2) is 0 Å². The first-order valence-corrected chi connectivity index (χ1v) is 5.55. The summed E-state index contributed by atoms with van der Waals surface area (Å²) in [4.78, 5) is 2.19. The molecular weight excluding hydrogens is 216 g/mol. The SMILES string of the molecule is Cc1nn(C)c(N)c1CN(C)Cc1ccoc1. The normalized spacial score (nSPS) is 11.3. The Bertz CT molecular complexity index is 487. The van der Waals surface area contributed by atoms with E-state index in [1.165, 1.54) is 0 Å². The number of aryl methyl sites for hydroxylation is 2. The van der Waals surface area contributed by atoms with Crippen LogP contribution in [0.15, 0.2) is 23.0 Å². The highest BCUT2D eigenvalue weighted by Gasteiger charge is 2.12. The zero-order valence-corrected chi connectivity index (χ0v) is 10.5. The second-order valence-corrected chi connectivity index (χ2v) is 4.38. The lowest BCUT2D eigenvalue weighted by atomic mass is 10.2. The molecule has 0 aliphatic rings. The van der Waals surface area contributed by atoms with Crippen LogP contribution in [-0.4, -0.2) is 21.7 Å². The largest absolute Gasteiger partial charge is 0.472 e. The van der Waals surface area contributed by atoms with E-state index in [0.29, 0.717) is 0 Å². The molecule has 2 aromatic heterocycles. The van der Waals surface area contributed by atoms with Crippen LogP contribution in [0.2, 0.25) is 0 Å². The quantitative estimate of drug-likeness (QED) is 0.871. The van der Waals surface area contributed by atoms with Crippen molar-refractivity contribution in [3.8, 4) is 0 Å². The Labute approximate surface area is 101 Å². The molecule has 2 heterocycles. The van der Waals surface area contributed by atoms with Crippen LogP contribution in [0.25, 0.3) is 0 Å². The minimum absolute atomic E-state index is 0.738. The van der Waals surface area contributed by atoms with Crippen molar-refractivity contribution in [3.63, 3.8) is 0 Å². The standard InChI is InChI=1S/C12H18N4O/c1-9-11(12(13)16(3)14-9)7-15(2)6-10-4-5-17-8-10/h4-5,8H,6-7,13H2,1-3H3. The van der Waals surface area contributed by atoms with Gasteiger partial charge in [0.05, 0.1) is 18.2 Å². The Balaban J connectivity index is 2.05. The Kier molecular flexibility index (Phi) is 3.19. The van der Waals surface area contributed by atoms with Gasteiger partial charge in [-0.1, -0.05) is 0 Å². The van der Waals surface area contributed by atoms with Crippen LogP contribution in [0, 0.1) is 6.92 Å². The molecule has 0 radical (unpaired) electrons. The molecule has 0 unspecified atom stereocenters. The molecule has 0 aromatic carbocycles. The van der Waals surface area contributed by atoms with Crippen LogP contribution in [0.1, 0.15) is 16.8 Å². The number of nitrogens with zero attached hydrogens (tertiary/aromatic N) is 3. The first kappa shape index (κ1) is 11.7. The number of hydrogen-bond donors (Lipinski definition) is 1. The van der Waals surface area contributed by atoms with Gasteiger partial charge in [-0.2, -0.15) is 5.10 Å². The predicted octanol–water partition coefficient (Wildman–Crippen LogP) is 1.54. The zero-order valence-electron chi connectivity index (χ0n) is 10.5. The van der Waals surface area contributed by atoms with Crippen molar-refractivity contribution in [3.05, 3.63) is 35.4 Å². The van der Waals surface area contributed by atoms with Crippen LogP contribution in [0.5, 0.6) is 0 Å². The number of nitrogens with two attached hydrogens (primary N) is 1. The Morgan fingerprint density at radius 3 is 2.76 bits per heavy atom. The maximum atomic E-state index is 5.98. The fraction of sp³-hybridized carbons (Fsp3) is 0.417. The molecule has 17 heavy (non-hydrogen) atoms. The van der Waals surface area contributed by atoms with Crippen molar-refractivity contribution in [2.45, 2.75) is 20.0 Å². The minimum atomic E-state index is 0.738. The smallest absolute Gasteiger partial charge is 0.126 e. The number of furan rings is 1. The predicted molar refractivity (Wildman–Crippen MR) is 66.2 cm³/mol. The molecule has 5 nitrogen and oxygen atoms in total. The number of hydrogen-bond acceptors (Lipinski definition) is 4. The van der Waals surface area contributed by atoms with Crippen molar-refractivity contribution >= 4 is 5.82 Å². The van der Waals surface area contributed by atoms with E-state index >= 15 is 0 Å². The third kappa shape index (κ3) is 2.50. The molecule has 0 aliphatic heterocycles. The van der Waals surface area contributed by atoms with Gasteiger partial charge in [-0.15, -0.1) is 0 Å². The molecule has 2 rings (SSSR count). The van der Waals surface area contributed by atoms with Crippen molar-refractivity contribution < 1.29 is 4.42 Å². The Hall–Kier alpha value is -1.75. The molecule has 0 amide bonds. The van der Waals surface area contributed by atoms with E-state index in [4.69, 9.17) is 10.2 Å². The van der Waals surface area contributed by atoms with Crippen LogP contribution < -0.4 is 5.73 Å². The molecule has 0 spiro atoms. The summed E-state index contributed by atoms with van der Waals surface area (Å²) in [5.74, 6) is 0.738. The highest BCUT2D eigenvalue weighted by atomic mass is 16.3. The molecule has 0 bridgehead atoms. The van der Waals surface area contributed by atoms with Gasteiger partial charge in [0.2, 0.25) is 0 Å². The fourth-order valence-corrected chi connectivity index (χ4v) is 1.94. The summed E-state index contributed by atoms with van der Waals surface area (Å²) in [6, 6.07) is 1.97. The average molecular weight is 234 g/mol. The van der Waals surface area contributed by atoms with Gasteiger partial charge in [-0.05, 0) is 20.0 Å². The second-order valence-electron chi connectivity index (χ2n) is 4.38. The lowest BCUT2D eigenvalue weighted by molar-refractivity contribution is 0.317. The van der Waals surface area contributed by atoms with Gasteiger partial charge in [0.15, 0.2) is 0 Å². The van der Waals surface area contributed by atoms with E-state index in [0.717, 1.165) is 35.7 Å². The molecule has 0 aliphatic carbocycles. The molecule has 0 saturated carbocycles. The van der Waals surface area contributed by atoms with Crippen molar-refractivity contribution in [1.82, 2.24) is 14.7 Å². The maximum Gasteiger partial charge on any atom is 0.126 e. The average Bonchev–Trinajstić information content (AvgIpc) is 2.83. The summed E-state index contributed by atoms with van der Waals surface area (Å²) in [6.45, 7) is 3.61. The van der Waals surface area contributed by atoms with E-state index in [1.54, 1.807) is 17.2 Å². The monoisotopic (exact) mass is 234 g/mol. The highest BCUT2D eigenvalue weighted by Crippen LogP contribution is 2.17. The number of anilines is 1. The molecule has 2 aromatic rings.